The van der Waals surface area contributed by atoms with Crippen LogP contribution in [0.3, 0.4) is 0 Å². The van der Waals surface area contributed by atoms with Crippen LogP contribution >= 0.6 is 0 Å². The minimum absolute atomic E-state index is 0.235. The minimum atomic E-state index is -1.05. The van der Waals surface area contributed by atoms with Crippen LogP contribution in [-0.2, 0) is 16.0 Å². The summed E-state index contributed by atoms with van der Waals surface area (Å²) in [6.45, 7) is 6.71. The van der Waals surface area contributed by atoms with Crippen molar-refractivity contribution in [1.29, 1.82) is 0 Å². The molecule has 1 aliphatic rings. The van der Waals surface area contributed by atoms with Crippen molar-refractivity contribution in [1.82, 2.24) is 16.0 Å². The fraction of sp³-hybridized carbons (Fsp3) is 0.421. The van der Waals surface area contributed by atoms with E-state index in [4.69, 9.17) is 5.11 Å². The summed E-state index contributed by atoms with van der Waals surface area (Å²) in [4.78, 5) is 25.9. The first-order chi connectivity index (χ1) is 13.1. The van der Waals surface area contributed by atoms with Crippen LogP contribution in [0.2, 0.25) is 0 Å². The average Bonchev–Trinajstić information content (AvgIpc) is 2.67. The molecule has 0 spiro atoms. The topological polar surface area (TPSA) is 115 Å². The number of rotatable bonds is 11. The molecule has 0 aliphatic carbocycles. The second kappa shape index (κ2) is 10.8. The van der Waals surface area contributed by atoms with Crippen LogP contribution < -0.4 is 21.3 Å². The van der Waals surface area contributed by atoms with Gasteiger partial charge in [0.15, 0.2) is 5.96 Å². The molecule has 1 heterocycles. The van der Waals surface area contributed by atoms with Gasteiger partial charge in [0.1, 0.15) is 6.04 Å². The third kappa shape index (κ3) is 7.39. The lowest BCUT2D eigenvalue weighted by atomic mass is 10.1. The number of hydrogen-bond acceptors (Lipinski definition) is 6. The Balaban J connectivity index is 1.71. The molecule has 0 radical (unpaired) electrons. The van der Waals surface area contributed by atoms with E-state index in [1.165, 1.54) is 0 Å². The predicted molar refractivity (Wildman–Crippen MR) is 106 cm³/mol. The van der Waals surface area contributed by atoms with Crippen molar-refractivity contribution in [3.63, 3.8) is 0 Å². The Hall–Kier alpha value is -3.03. The highest BCUT2D eigenvalue weighted by Crippen LogP contribution is 2.14. The standard InChI is InChI=1S/C19H27N5O3/c1-14(4-2-9-20-19-21-10-3-11-22-19)24-16-7-5-15(6-8-16)12-17(18(26)27)23-13-25/h5-8,13,17,24H,1-4,9-12H2,(H,23,25)(H,26,27)(H2,20,21,22). The molecule has 1 atom stereocenters. The zero-order valence-corrected chi connectivity index (χ0v) is 15.3. The van der Waals surface area contributed by atoms with Crippen LogP contribution in [0.4, 0.5) is 5.69 Å². The Labute approximate surface area is 159 Å². The van der Waals surface area contributed by atoms with Crippen molar-refractivity contribution in [2.24, 2.45) is 4.99 Å². The Bertz CT molecular complexity index is 672. The van der Waals surface area contributed by atoms with E-state index in [0.717, 1.165) is 61.8 Å². The second-order valence-electron chi connectivity index (χ2n) is 6.35. The molecule has 8 nitrogen and oxygen atoms in total. The molecule has 0 bridgehead atoms. The molecule has 1 aromatic rings. The summed E-state index contributed by atoms with van der Waals surface area (Å²) in [5, 5.41) is 21.1. The lowest BCUT2D eigenvalue weighted by molar-refractivity contribution is -0.140. The maximum atomic E-state index is 11.1. The summed E-state index contributed by atoms with van der Waals surface area (Å²) >= 11 is 0. The molecule has 5 N–H and O–H groups in total. The second-order valence-corrected chi connectivity index (χ2v) is 6.35. The number of amides is 1. The normalized spacial score (nSPS) is 14.3. The van der Waals surface area contributed by atoms with E-state index in [1.807, 2.05) is 24.3 Å². The first-order valence-electron chi connectivity index (χ1n) is 9.07. The molecule has 27 heavy (non-hydrogen) atoms. The maximum Gasteiger partial charge on any atom is 0.326 e. The quantitative estimate of drug-likeness (QED) is 0.293. The number of carbonyl (C=O) groups is 2. The van der Waals surface area contributed by atoms with E-state index in [-0.39, 0.29) is 6.42 Å². The molecule has 0 saturated heterocycles. The van der Waals surface area contributed by atoms with Crippen LogP contribution in [0.1, 0.15) is 24.8 Å². The lowest BCUT2D eigenvalue weighted by Crippen LogP contribution is -2.41. The van der Waals surface area contributed by atoms with Gasteiger partial charge in [0.05, 0.1) is 0 Å². The zero-order valence-electron chi connectivity index (χ0n) is 15.3. The van der Waals surface area contributed by atoms with Crippen LogP contribution in [0.25, 0.3) is 0 Å². The summed E-state index contributed by atoms with van der Waals surface area (Å²) in [7, 11) is 0. The minimum Gasteiger partial charge on any atom is -0.480 e. The van der Waals surface area contributed by atoms with Gasteiger partial charge in [0.2, 0.25) is 6.41 Å². The molecular formula is C19H27N5O3. The van der Waals surface area contributed by atoms with Crippen LogP contribution in [0.5, 0.6) is 0 Å². The van der Waals surface area contributed by atoms with E-state index >= 15 is 0 Å². The summed E-state index contributed by atoms with van der Waals surface area (Å²) in [6, 6.07) is 6.50. The number of allylic oxidation sites excluding steroid dienone is 1. The smallest absolute Gasteiger partial charge is 0.326 e. The Morgan fingerprint density at radius 1 is 1.37 bits per heavy atom. The molecule has 2 rings (SSSR count). The van der Waals surface area contributed by atoms with Gasteiger partial charge >= 0.3 is 5.97 Å². The molecule has 8 heteroatoms. The van der Waals surface area contributed by atoms with Crippen LogP contribution in [-0.4, -0.2) is 49.1 Å². The Kier molecular flexibility index (Phi) is 8.15. The molecule has 1 unspecified atom stereocenters. The van der Waals surface area contributed by atoms with Gasteiger partial charge < -0.3 is 26.4 Å². The van der Waals surface area contributed by atoms with E-state index in [9.17, 15) is 9.59 Å². The number of hydrogen-bond donors (Lipinski definition) is 5. The largest absolute Gasteiger partial charge is 0.480 e. The van der Waals surface area contributed by atoms with Crippen LogP contribution in [0.15, 0.2) is 41.5 Å². The fourth-order valence-corrected chi connectivity index (χ4v) is 2.69. The molecule has 0 saturated carbocycles. The van der Waals surface area contributed by atoms with E-state index in [1.54, 1.807) is 0 Å². The van der Waals surface area contributed by atoms with E-state index in [0.29, 0.717) is 6.41 Å². The molecule has 146 valence electrons. The van der Waals surface area contributed by atoms with E-state index in [2.05, 4.69) is 32.8 Å². The number of guanidine groups is 1. The lowest BCUT2D eigenvalue weighted by Gasteiger charge is -2.16. The number of carboxylic acid groups (broad SMARTS) is 1. The van der Waals surface area contributed by atoms with Crippen molar-refractivity contribution in [2.75, 3.05) is 25.0 Å². The monoisotopic (exact) mass is 373 g/mol. The number of carboxylic acids is 1. The fourth-order valence-electron chi connectivity index (χ4n) is 2.69. The average molecular weight is 373 g/mol. The van der Waals surface area contributed by atoms with Gasteiger partial charge in [-0.1, -0.05) is 18.7 Å². The molecule has 0 fully saturated rings. The van der Waals surface area contributed by atoms with Crippen molar-refractivity contribution >= 4 is 24.0 Å². The number of aliphatic imine (C=N–C) groups is 1. The number of nitrogens with zero attached hydrogens (tertiary/aromatic N) is 1. The highest BCUT2D eigenvalue weighted by molar-refractivity contribution is 5.80. The van der Waals surface area contributed by atoms with Gasteiger partial charge in [-0.2, -0.15) is 0 Å². The summed E-state index contributed by atoms with van der Waals surface area (Å²) in [6.07, 6.45) is 3.48. The molecular weight excluding hydrogens is 346 g/mol. The van der Waals surface area contributed by atoms with Gasteiger partial charge in [-0.25, -0.2) is 4.79 Å². The van der Waals surface area contributed by atoms with Crippen molar-refractivity contribution in [3.05, 3.63) is 42.1 Å². The maximum absolute atomic E-state index is 11.1. The molecule has 0 aromatic heterocycles. The highest BCUT2D eigenvalue weighted by atomic mass is 16.4. The SMILES string of the molecule is C=C(CCCNC1=NCCCN1)Nc1ccc(CC(NC=O)C(=O)O)cc1. The first kappa shape index (κ1) is 20.3. The predicted octanol–water partition coefficient (Wildman–Crippen LogP) is 1.07. The van der Waals surface area contributed by atoms with Gasteiger partial charge in [0.25, 0.3) is 0 Å². The molecule has 1 aromatic carbocycles. The van der Waals surface area contributed by atoms with Crippen molar-refractivity contribution in [3.8, 4) is 0 Å². The highest BCUT2D eigenvalue weighted by Gasteiger charge is 2.16. The third-order valence-corrected chi connectivity index (χ3v) is 4.13. The summed E-state index contributed by atoms with van der Waals surface area (Å²) in [5.41, 5.74) is 2.64. The molecule has 1 amide bonds. The number of benzene rings is 1. The first-order valence-corrected chi connectivity index (χ1v) is 9.07. The number of nitrogens with one attached hydrogen (secondary N) is 4. The summed E-state index contributed by atoms with van der Waals surface area (Å²) in [5.74, 6) is -0.181. The molecule has 1 aliphatic heterocycles. The van der Waals surface area contributed by atoms with Crippen molar-refractivity contribution < 1.29 is 14.7 Å². The van der Waals surface area contributed by atoms with Crippen molar-refractivity contribution in [2.45, 2.75) is 31.7 Å². The van der Waals surface area contributed by atoms with E-state index < -0.39 is 12.0 Å². The van der Waals surface area contributed by atoms with Gasteiger partial charge in [-0.15, -0.1) is 0 Å². The number of aliphatic carboxylic acids is 1. The summed E-state index contributed by atoms with van der Waals surface area (Å²) < 4.78 is 0. The number of carbonyl (C=O) groups excluding carboxylic acids is 1. The Morgan fingerprint density at radius 3 is 2.78 bits per heavy atom. The van der Waals surface area contributed by atoms with Crippen LogP contribution in [0, 0.1) is 0 Å². The zero-order chi connectivity index (χ0) is 19.5. The number of anilines is 1. The Morgan fingerprint density at radius 2 is 2.15 bits per heavy atom. The van der Waals surface area contributed by atoms with Gasteiger partial charge in [-0.05, 0) is 37.0 Å². The van der Waals surface area contributed by atoms with Gasteiger partial charge in [0, 0.05) is 37.4 Å². The third-order valence-electron chi connectivity index (χ3n) is 4.13. The van der Waals surface area contributed by atoms with Gasteiger partial charge in [-0.3, -0.25) is 9.79 Å².